The first-order valence-electron chi connectivity index (χ1n) is 12.7. The van der Waals surface area contributed by atoms with Crippen LogP contribution in [0.5, 0.6) is 0 Å². The predicted molar refractivity (Wildman–Crippen MR) is 142 cm³/mol. The van der Waals surface area contributed by atoms with Gasteiger partial charge in [-0.1, -0.05) is 43.2 Å². The van der Waals surface area contributed by atoms with Gasteiger partial charge in [-0.2, -0.15) is 5.26 Å². The van der Waals surface area contributed by atoms with Crippen LogP contribution >= 0.6 is 0 Å². The van der Waals surface area contributed by atoms with Gasteiger partial charge in [-0.25, -0.2) is 14.2 Å². The second kappa shape index (κ2) is 10.9. The molecule has 0 bridgehead atoms. The number of ether oxygens (including phenoxy) is 2. The molecular formula is C28H28N6O5. The Morgan fingerprint density at radius 3 is 2.18 bits per heavy atom. The summed E-state index contributed by atoms with van der Waals surface area (Å²) in [5, 5.41) is 18.6. The standard InChI is InChI=1S/C28H28N6O5/c1-37-27(35)22-21(17-10-6-5-7-11-17)18(16-29)26(30)34(25(22)28(36)38-2)20-13-12-19(23-24(20)32-39-31-23)33-14-8-3-4-9-15-33/h5-7,10-13,21H,3-4,8-9,14-15,30H2,1-2H3. The topological polar surface area (TPSA) is 148 Å². The molecule has 1 saturated heterocycles. The number of allylic oxidation sites excluding steroid dienone is 1. The molecule has 3 heterocycles. The SMILES string of the molecule is COC(=O)C1=C(C(=O)OC)N(c2ccc(N3CCCCCC3)c3nonc23)C(N)=C(C#N)C1c1ccccc1. The summed E-state index contributed by atoms with van der Waals surface area (Å²) in [6.45, 7) is 1.73. The number of anilines is 2. The zero-order valence-corrected chi connectivity index (χ0v) is 21.7. The predicted octanol–water partition coefficient (Wildman–Crippen LogP) is 3.50. The maximum absolute atomic E-state index is 13.4. The number of hydrogen-bond acceptors (Lipinski definition) is 11. The van der Waals surface area contributed by atoms with E-state index in [0.29, 0.717) is 22.3 Å². The molecule has 0 spiro atoms. The van der Waals surface area contributed by atoms with E-state index in [4.69, 9.17) is 19.8 Å². The summed E-state index contributed by atoms with van der Waals surface area (Å²) in [4.78, 5) is 30.2. The van der Waals surface area contributed by atoms with Crippen LogP contribution in [0.15, 0.2) is 69.8 Å². The lowest BCUT2D eigenvalue weighted by Crippen LogP contribution is -2.41. The fourth-order valence-electron chi connectivity index (χ4n) is 5.35. The van der Waals surface area contributed by atoms with Crippen molar-refractivity contribution in [2.45, 2.75) is 31.6 Å². The molecule has 39 heavy (non-hydrogen) atoms. The van der Waals surface area contributed by atoms with Gasteiger partial charge in [0.2, 0.25) is 0 Å². The number of rotatable bonds is 5. The highest BCUT2D eigenvalue weighted by Gasteiger charge is 2.43. The van der Waals surface area contributed by atoms with Crippen molar-refractivity contribution in [3.8, 4) is 6.07 Å². The summed E-state index contributed by atoms with van der Waals surface area (Å²) in [6.07, 6.45) is 4.43. The summed E-state index contributed by atoms with van der Waals surface area (Å²) < 4.78 is 15.4. The van der Waals surface area contributed by atoms with E-state index in [1.54, 1.807) is 36.4 Å². The molecule has 0 aliphatic carbocycles. The highest BCUT2D eigenvalue weighted by Crippen LogP contribution is 2.45. The lowest BCUT2D eigenvalue weighted by molar-refractivity contribution is -0.139. The summed E-state index contributed by atoms with van der Waals surface area (Å²) in [5.41, 5.74) is 8.99. The summed E-state index contributed by atoms with van der Waals surface area (Å²) in [5.74, 6) is -2.65. The Kier molecular flexibility index (Phi) is 7.19. The van der Waals surface area contributed by atoms with Gasteiger partial charge >= 0.3 is 11.9 Å². The number of nitriles is 1. The van der Waals surface area contributed by atoms with Crippen LogP contribution in [0.2, 0.25) is 0 Å². The fraction of sp³-hybridized carbons (Fsp3) is 0.321. The molecule has 0 saturated carbocycles. The van der Waals surface area contributed by atoms with Crippen molar-refractivity contribution in [1.82, 2.24) is 10.3 Å². The van der Waals surface area contributed by atoms with Crippen LogP contribution in [-0.4, -0.2) is 49.6 Å². The van der Waals surface area contributed by atoms with Gasteiger partial charge in [0.1, 0.15) is 11.5 Å². The van der Waals surface area contributed by atoms with E-state index < -0.39 is 17.9 Å². The van der Waals surface area contributed by atoms with Crippen LogP contribution in [0.1, 0.15) is 37.2 Å². The van der Waals surface area contributed by atoms with Gasteiger partial charge in [-0.05, 0) is 40.9 Å². The lowest BCUT2D eigenvalue weighted by atomic mass is 9.81. The Labute approximate surface area is 225 Å². The van der Waals surface area contributed by atoms with E-state index >= 15 is 0 Å². The van der Waals surface area contributed by atoms with Crippen molar-refractivity contribution < 1.29 is 23.7 Å². The van der Waals surface area contributed by atoms with Crippen LogP contribution in [0.25, 0.3) is 11.0 Å². The van der Waals surface area contributed by atoms with Gasteiger partial charge in [-0.15, -0.1) is 0 Å². The molecule has 1 unspecified atom stereocenters. The van der Waals surface area contributed by atoms with E-state index in [2.05, 4.69) is 21.3 Å². The Hall–Kier alpha value is -4.85. The van der Waals surface area contributed by atoms with Gasteiger partial charge in [0.25, 0.3) is 0 Å². The van der Waals surface area contributed by atoms with Gasteiger partial charge in [-0.3, -0.25) is 4.90 Å². The number of nitrogens with zero attached hydrogens (tertiary/aromatic N) is 5. The highest BCUT2D eigenvalue weighted by atomic mass is 16.6. The molecule has 5 rings (SSSR count). The van der Waals surface area contributed by atoms with Crippen molar-refractivity contribution in [2.24, 2.45) is 5.73 Å². The number of nitrogens with two attached hydrogens (primary N) is 1. The van der Waals surface area contributed by atoms with Gasteiger partial charge in [0.15, 0.2) is 11.0 Å². The minimum Gasteiger partial charge on any atom is -0.466 e. The number of methoxy groups -OCH3 is 2. The minimum atomic E-state index is -0.962. The number of hydrogen-bond donors (Lipinski definition) is 1. The fourth-order valence-corrected chi connectivity index (χ4v) is 5.35. The van der Waals surface area contributed by atoms with Crippen molar-refractivity contribution in [2.75, 3.05) is 37.1 Å². The average molecular weight is 529 g/mol. The quantitative estimate of drug-likeness (QED) is 0.485. The second-order valence-corrected chi connectivity index (χ2v) is 9.30. The molecule has 2 N–H and O–H groups in total. The molecule has 11 heteroatoms. The smallest absolute Gasteiger partial charge is 0.355 e. The molecule has 200 valence electrons. The first-order chi connectivity index (χ1) is 19.0. The molecule has 2 aliphatic heterocycles. The largest absolute Gasteiger partial charge is 0.466 e. The molecule has 1 fully saturated rings. The van der Waals surface area contributed by atoms with E-state index in [9.17, 15) is 14.9 Å². The summed E-state index contributed by atoms with van der Waals surface area (Å²) >= 11 is 0. The zero-order valence-electron chi connectivity index (χ0n) is 21.7. The van der Waals surface area contributed by atoms with E-state index in [0.717, 1.165) is 44.5 Å². The third kappa shape index (κ3) is 4.44. The average Bonchev–Trinajstić information content (AvgIpc) is 3.31. The van der Waals surface area contributed by atoms with Crippen LogP contribution < -0.4 is 15.5 Å². The Balaban J connectivity index is 1.77. The monoisotopic (exact) mass is 528 g/mol. The Morgan fingerprint density at radius 2 is 1.56 bits per heavy atom. The maximum Gasteiger partial charge on any atom is 0.355 e. The van der Waals surface area contributed by atoms with Crippen molar-refractivity contribution in [1.29, 1.82) is 5.26 Å². The Bertz CT molecular complexity index is 1510. The zero-order chi connectivity index (χ0) is 27.5. The normalized spacial score (nSPS) is 18.1. The van der Waals surface area contributed by atoms with Crippen LogP contribution in [0.4, 0.5) is 11.4 Å². The number of aromatic nitrogens is 2. The molecule has 11 nitrogen and oxygen atoms in total. The lowest BCUT2D eigenvalue weighted by Gasteiger charge is -2.36. The van der Waals surface area contributed by atoms with Gasteiger partial charge in [0.05, 0.1) is 48.7 Å². The van der Waals surface area contributed by atoms with Gasteiger partial charge in [0, 0.05) is 13.1 Å². The summed E-state index contributed by atoms with van der Waals surface area (Å²) in [7, 11) is 2.41. The van der Waals surface area contributed by atoms with Crippen LogP contribution in [-0.2, 0) is 19.1 Å². The molecular weight excluding hydrogens is 500 g/mol. The summed E-state index contributed by atoms with van der Waals surface area (Å²) in [6, 6.07) is 14.6. The van der Waals surface area contributed by atoms with Crippen molar-refractivity contribution in [3.05, 3.63) is 70.7 Å². The number of carbonyl (C=O) groups excluding carboxylic acids is 2. The number of fused-ring (bicyclic) bond motifs is 1. The molecule has 2 aliphatic rings. The van der Waals surface area contributed by atoms with E-state index in [1.807, 2.05) is 6.07 Å². The van der Waals surface area contributed by atoms with Gasteiger partial charge < -0.3 is 20.1 Å². The first kappa shape index (κ1) is 25.8. The number of carbonyl (C=O) groups is 2. The van der Waals surface area contributed by atoms with E-state index in [-0.39, 0.29) is 22.7 Å². The molecule has 1 atom stereocenters. The molecule has 3 aromatic rings. The third-order valence-corrected chi connectivity index (χ3v) is 7.17. The second-order valence-electron chi connectivity index (χ2n) is 9.30. The maximum atomic E-state index is 13.4. The minimum absolute atomic E-state index is 0.0498. The van der Waals surface area contributed by atoms with Crippen LogP contribution in [0, 0.1) is 11.3 Å². The van der Waals surface area contributed by atoms with Crippen molar-refractivity contribution in [3.63, 3.8) is 0 Å². The number of esters is 2. The molecule has 1 aromatic heterocycles. The number of benzene rings is 2. The molecule has 0 radical (unpaired) electrons. The Morgan fingerprint density at radius 1 is 0.949 bits per heavy atom. The molecule has 2 aromatic carbocycles. The highest BCUT2D eigenvalue weighted by molar-refractivity contribution is 6.09. The van der Waals surface area contributed by atoms with E-state index in [1.165, 1.54) is 19.1 Å². The molecule has 0 amide bonds. The first-order valence-corrected chi connectivity index (χ1v) is 12.7. The van der Waals surface area contributed by atoms with Crippen LogP contribution in [0.3, 0.4) is 0 Å². The third-order valence-electron chi connectivity index (χ3n) is 7.17. The van der Waals surface area contributed by atoms with Crippen molar-refractivity contribution >= 4 is 34.3 Å².